The van der Waals surface area contributed by atoms with E-state index in [1.54, 1.807) is 24.3 Å². The number of benzene rings is 2. The molecule has 2 rings (SSSR count). The van der Waals surface area contributed by atoms with Gasteiger partial charge in [0.15, 0.2) is 11.6 Å². The fourth-order valence-corrected chi connectivity index (χ4v) is 1.59. The summed E-state index contributed by atoms with van der Waals surface area (Å²) in [5.41, 5.74) is 1.48. The molecule has 2 aromatic rings. The highest BCUT2D eigenvalue weighted by Gasteiger charge is 2.14. The number of hydrogen-bond acceptors (Lipinski definition) is 2. The summed E-state index contributed by atoms with van der Waals surface area (Å²) >= 11 is 0. The van der Waals surface area contributed by atoms with Gasteiger partial charge in [0.05, 0.1) is 0 Å². The summed E-state index contributed by atoms with van der Waals surface area (Å²) in [7, 11) is 0. The maximum atomic E-state index is 13.0. The Morgan fingerprint density at radius 3 is 1.90 bits per heavy atom. The van der Waals surface area contributed by atoms with Gasteiger partial charge in [0, 0.05) is 17.4 Å². The van der Waals surface area contributed by atoms with E-state index in [-0.39, 0.29) is 5.69 Å². The molecule has 4 nitrogen and oxygen atoms in total. The molecule has 0 atom stereocenters. The molecule has 108 valence electrons. The molecule has 0 aliphatic rings. The smallest absolute Gasteiger partial charge is 0.314 e. The van der Waals surface area contributed by atoms with Crippen LogP contribution in [0, 0.1) is 18.6 Å². The van der Waals surface area contributed by atoms with Gasteiger partial charge in [-0.25, -0.2) is 8.78 Å². The molecule has 0 aromatic heterocycles. The van der Waals surface area contributed by atoms with E-state index < -0.39 is 23.4 Å². The van der Waals surface area contributed by atoms with Crippen molar-refractivity contribution in [2.75, 3.05) is 10.6 Å². The highest BCUT2D eigenvalue weighted by atomic mass is 19.2. The van der Waals surface area contributed by atoms with Gasteiger partial charge in [0.25, 0.3) is 0 Å². The fraction of sp³-hybridized carbons (Fsp3) is 0.0667. The molecule has 0 aliphatic carbocycles. The first-order valence-corrected chi connectivity index (χ1v) is 6.10. The van der Waals surface area contributed by atoms with Crippen molar-refractivity contribution in [3.63, 3.8) is 0 Å². The zero-order valence-electron chi connectivity index (χ0n) is 11.1. The highest BCUT2D eigenvalue weighted by molar-refractivity contribution is 6.43. The van der Waals surface area contributed by atoms with Gasteiger partial charge in [0.1, 0.15) is 0 Å². The number of hydrogen-bond donors (Lipinski definition) is 2. The van der Waals surface area contributed by atoms with E-state index in [0.717, 1.165) is 23.8 Å². The maximum Gasteiger partial charge on any atom is 0.314 e. The molecule has 0 aliphatic heterocycles. The molecule has 0 unspecified atom stereocenters. The second-order valence-electron chi connectivity index (χ2n) is 4.40. The van der Waals surface area contributed by atoms with Gasteiger partial charge >= 0.3 is 11.8 Å². The standard InChI is InChI=1S/C15H12F2N2O2/c1-9-2-4-10(5-3-9)18-14(20)15(21)19-11-6-7-12(16)13(17)8-11/h2-8H,1H3,(H,18,20)(H,19,21). The Morgan fingerprint density at radius 1 is 0.810 bits per heavy atom. The van der Waals surface area contributed by atoms with Crippen LogP contribution in [0.3, 0.4) is 0 Å². The topological polar surface area (TPSA) is 58.2 Å². The summed E-state index contributed by atoms with van der Waals surface area (Å²) in [5, 5.41) is 4.58. The predicted octanol–water partition coefficient (Wildman–Crippen LogP) is 2.85. The third-order valence-electron chi connectivity index (χ3n) is 2.69. The van der Waals surface area contributed by atoms with E-state index in [4.69, 9.17) is 0 Å². The number of rotatable bonds is 2. The van der Waals surface area contributed by atoms with Crippen LogP contribution in [-0.2, 0) is 9.59 Å². The minimum absolute atomic E-state index is 0.00189. The lowest BCUT2D eigenvalue weighted by molar-refractivity contribution is -0.133. The Labute approximate surface area is 119 Å². The molecule has 0 heterocycles. The molecule has 21 heavy (non-hydrogen) atoms. The zero-order chi connectivity index (χ0) is 15.4. The van der Waals surface area contributed by atoms with Crippen molar-refractivity contribution in [2.45, 2.75) is 6.92 Å². The summed E-state index contributed by atoms with van der Waals surface area (Å²) < 4.78 is 25.7. The Kier molecular flexibility index (Phi) is 4.27. The molecule has 2 N–H and O–H groups in total. The van der Waals surface area contributed by atoms with E-state index in [1.165, 1.54) is 0 Å². The Bertz CT molecular complexity index is 685. The van der Waals surface area contributed by atoms with Crippen molar-refractivity contribution in [1.29, 1.82) is 0 Å². The molecule has 6 heteroatoms. The summed E-state index contributed by atoms with van der Waals surface area (Å²) in [6, 6.07) is 9.69. The van der Waals surface area contributed by atoms with Crippen molar-refractivity contribution in [3.8, 4) is 0 Å². The van der Waals surface area contributed by atoms with Crippen LogP contribution in [0.4, 0.5) is 20.2 Å². The summed E-state index contributed by atoms with van der Waals surface area (Å²) in [6.07, 6.45) is 0. The lowest BCUT2D eigenvalue weighted by Crippen LogP contribution is -2.29. The maximum absolute atomic E-state index is 13.0. The second-order valence-corrected chi connectivity index (χ2v) is 4.40. The normalized spacial score (nSPS) is 10.0. The van der Waals surface area contributed by atoms with E-state index in [2.05, 4.69) is 10.6 Å². The number of halogens is 2. The van der Waals surface area contributed by atoms with Gasteiger partial charge in [-0.05, 0) is 31.2 Å². The summed E-state index contributed by atoms with van der Waals surface area (Å²) in [5.74, 6) is -4.01. The Hall–Kier alpha value is -2.76. The molecular formula is C15H12F2N2O2. The van der Waals surface area contributed by atoms with Crippen LogP contribution in [0.2, 0.25) is 0 Å². The van der Waals surface area contributed by atoms with Gasteiger partial charge in [0.2, 0.25) is 0 Å². The highest BCUT2D eigenvalue weighted by Crippen LogP contribution is 2.13. The predicted molar refractivity (Wildman–Crippen MR) is 74.8 cm³/mol. The van der Waals surface area contributed by atoms with Crippen LogP contribution >= 0.6 is 0 Å². The van der Waals surface area contributed by atoms with E-state index in [1.807, 2.05) is 6.92 Å². The first-order chi connectivity index (χ1) is 9.95. The average Bonchev–Trinajstić information content (AvgIpc) is 2.45. The van der Waals surface area contributed by atoms with Crippen LogP contribution < -0.4 is 10.6 Å². The fourth-order valence-electron chi connectivity index (χ4n) is 1.59. The largest absolute Gasteiger partial charge is 0.318 e. The molecule has 0 radical (unpaired) electrons. The quantitative estimate of drug-likeness (QED) is 0.836. The molecule has 0 bridgehead atoms. The second kappa shape index (κ2) is 6.13. The third kappa shape index (κ3) is 3.85. The van der Waals surface area contributed by atoms with Crippen molar-refractivity contribution in [3.05, 3.63) is 59.7 Å². The molecule has 0 fully saturated rings. The molecule has 0 saturated carbocycles. The average molecular weight is 290 g/mol. The van der Waals surface area contributed by atoms with Crippen molar-refractivity contribution in [2.24, 2.45) is 0 Å². The third-order valence-corrected chi connectivity index (χ3v) is 2.69. The van der Waals surface area contributed by atoms with Crippen LogP contribution in [0.15, 0.2) is 42.5 Å². The zero-order valence-corrected chi connectivity index (χ0v) is 11.1. The monoisotopic (exact) mass is 290 g/mol. The minimum Gasteiger partial charge on any atom is -0.318 e. The first-order valence-electron chi connectivity index (χ1n) is 6.10. The van der Waals surface area contributed by atoms with Gasteiger partial charge in [-0.3, -0.25) is 9.59 Å². The van der Waals surface area contributed by atoms with Gasteiger partial charge in [-0.15, -0.1) is 0 Å². The van der Waals surface area contributed by atoms with Gasteiger partial charge in [-0.1, -0.05) is 17.7 Å². The van der Waals surface area contributed by atoms with Crippen molar-refractivity contribution in [1.82, 2.24) is 0 Å². The molecule has 0 saturated heterocycles. The van der Waals surface area contributed by atoms with E-state index in [0.29, 0.717) is 5.69 Å². The Balaban J connectivity index is 2.00. The van der Waals surface area contributed by atoms with Crippen LogP contribution in [0.1, 0.15) is 5.56 Å². The number of aryl methyl sites for hydroxylation is 1. The lowest BCUT2D eigenvalue weighted by Gasteiger charge is -2.07. The summed E-state index contributed by atoms with van der Waals surface area (Å²) in [4.78, 5) is 23.3. The molecule has 2 amide bonds. The SMILES string of the molecule is Cc1ccc(NC(=O)C(=O)Nc2ccc(F)c(F)c2)cc1. The van der Waals surface area contributed by atoms with Gasteiger partial charge in [-0.2, -0.15) is 0 Å². The number of amides is 2. The number of carbonyl (C=O) groups excluding carboxylic acids is 2. The molecule has 0 spiro atoms. The van der Waals surface area contributed by atoms with Crippen LogP contribution in [0.5, 0.6) is 0 Å². The minimum atomic E-state index is -1.10. The first kappa shape index (κ1) is 14.6. The van der Waals surface area contributed by atoms with Crippen LogP contribution in [-0.4, -0.2) is 11.8 Å². The lowest BCUT2D eigenvalue weighted by atomic mass is 10.2. The van der Waals surface area contributed by atoms with Crippen molar-refractivity contribution < 1.29 is 18.4 Å². The van der Waals surface area contributed by atoms with Gasteiger partial charge < -0.3 is 10.6 Å². The van der Waals surface area contributed by atoms with Crippen LogP contribution in [0.25, 0.3) is 0 Å². The molecule has 2 aromatic carbocycles. The van der Waals surface area contributed by atoms with E-state index in [9.17, 15) is 18.4 Å². The van der Waals surface area contributed by atoms with E-state index >= 15 is 0 Å². The number of carbonyl (C=O) groups is 2. The number of nitrogens with one attached hydrogen (secondary N) is 2. The Morgan fingerprint density at radius 2 is 1.33 bits per heavy atom. The molecular weight excluding hydrogens is 278 g/mol. The number of anilines is 2. The van der Waals surface area contributed by atoms with Crippen molar-refractivity contribution >= 4 is 23.2 Å². The summed E-state index contributed by atoms with van der Waals surface area (Å²) in [6.45, 7) is 1.89.